The highest BCUT2D eigenvalue weighted by molar-refractivity contribution is 7.90. The van der Waals surface area contributed by atoms with Gasteiger partial charge in [-0.1, -0.05) is 0 Å². The molecule has 0 aliphatic heterocycles. The number of hydrogen-bond donors (Lipinski definition) is 1. The first-order valence-electron chi connectivity index (χ1n) is 6.31. The molecule has 0 radical (unpaired) electrons. The maximum absolute atomic E-state index is 11.5. The van der Waals surface area contributed by atoms with E-state index in [1.165, 1.54) is 6.26 Å². The van der Waals surface area contributed by atoms with E-state index in [9.17, 15) is 8.42 Å². The van der Waals surface area contributed by atoms with Gasteiger partial charge in [-0.15, -0.1) is 0 Å². The first kappa shape index (κ1) is 13.6. The molecule has 21 heavy (non-hydrogen) atoms. The minimum Gasteiger partial charge on any atom is -0.497 e. The van der Waals surface area contributed by atoms with Crippen molar-refractivity contribution in [3.05, 3.63) is 42.5 Å². The van der Waals surface area contributed by atoms with E-state index in [4.69, 9.17) is 4.74 Å². The number of ether oxygens (including phenoxy) is 1. The van der Waals surface area contributed by atoms with Crippen LogP contribution in [0.25, 0.3) is 22.4 Å². The van der Waals surface area contributed by atoms with Gasteiger partial charge >= 0.3 is 0 Å². The van der Waals surface area contributed by atoms with Gasteiger partial charge in [0.25, 0.3) is 0 Å². The van der Waals surface area contributed by atoms with Crippen molar-refractivity contribution in [2.45, 2.75) is 4.90 Å². The van der Waals surface area contributed by atoms with Crippen molar-refractivity contribution in [2.75, 3.05) is 13.4 Å². The molecule has 0 saturated heterocycles. The van der Waals surface area contributed by atoms with Gasteiger partial charge in [-0.2, -0.15) is 0 Å². The molecule has 0 fully saturated rings. The minimum absolute atomic E-state index is 0.295. The number of hydrogen-bond acceptors (Lipinski definition) is 4. The monoisotopic (exact) mass is 302 g/mol. The third kappa shape index (κ3) is 2.62. The van der Waals surface area contributed by atoms with Crippen molar-refractivity contribution in [2.24, 2.45) is 0 Å². The molecule has 6 heteroatoms. The van der Waals surface area contributed by atoms with Gasteiger partial charge in [0.15, 0.2) is 9.84 Å². The topological polar surface area (TPSA) is 72.0 Å². The van der Waals surface area contributed by atoms with E-state index in [1.54, 1.807) is 31.4 Å². The summed E-state index contributed by atoms with van der Waals surface area (Å²) in [6.45, 7) is 0. The van der Waals surface area contributed by atoms with Crippen molar-refractivity contribution in [1.82, 2.24) is 9.97 Å². The van der Waals surface area contributed by atoms with Crippen molar-refractivity contribution in [3.63, 3.8) is 0 Å². The van der Waals surface area contributed by atoms with Crippen LogP contribution in [-0.2, 0) is 9.84 Å². The van der Waals surface area contributed by atoms with Crippen molar-refractivity contribution in [3.8, 4) is 17.1 Å². The Labute approximate surface area is 122 Å². The Balaban J connectivity index is 2.04. The first-order chi connectivity index (χ1) is 9.97. The average molecular weight is 302 g/mol. The largest absolute Gasteiger partial charge is 0.497 e. The second kappa shape index (κ2) is 4.89. The van der Waals surface area contributed by atoms with Gasteiger partial charge in [-0.05, 0) is 36.4 Å². The molecule has 108 valence electrons. The zero-order valence-corrected chi connectivity index (χ0v) is 12.4. The highest BCUT2D eigenvalue weighted by Crippen LogP contribution is 2.24. The van der Waals surface area contributed by atoms with E-state index in [2.05, 4.69) is 9.97 Å². The Kier molecular flexibility index (Phi) is 3.17. The van der Waals surface area contributed by atoms with E-state index in [-0.39, 0.29) is 0 Å². The van der Waals surface area contributed by atoms with Crippen LogP contribution < -0.4 is 4.74 Å². The summed E-state index contributed by atoms with van der Waals surface area (Å²) < 4.78 is 28.1. The Bertz CT molecular complexity index is 896. The molecule has 0 amide bonds. The zero-order chi connectivity index (χ0) is 15.0. The molecule has 5 nitrogen and oxygen atoms in total. The van der Waals surface area contributed by atoms with Crippen molar-refractivity contribution in [1.29, 1.82) is 0 Å². The van der Waals surface area contributed by atoms with Crippen molar-refractivity contribution < 1.29 is 13.2 Å². The zero-order valence-electron chi connectivity index (χ0n) is 11.6. The molecule has 0 atom stereocenters. The van der Waals surface area contributed by atoms with Gasteiger partial charge in [-0.3, -0.25) is 0 Å². The fraction of sp³-hybridized carbons (Fsp3) is 0.133. The highest BCUT2D eigenvalue weighted by Gasteiger charge is 2.09. The predicted octanol–water partition coefficient (Wildman–Crippen LogP) is 2.64. The second-order valence-electron chi connectivity index (χ2n) is 4.77. The lowest BCUT2D eigenvalue weighted by Crippen LogP contribution is -1.96. The van der Waals surface area contributed by atoms with E-state index in [1.807, 2.05) is 18.2 Å². The molecule has 0 unspecified atom stereocenters. The number of imidazole rings is 1. The summed E-state index contributed by atoms with van der Waals surface area (Å²) in [7, 11) is -1.57. The summed E-state index contributed by atoms with van der Waals surface area (Å²) in [6, 6.07) is 12.2. The van der Waals surface area contributed by atoms with Crippen LogP contribution in [0.1, 0.15) is 0 Å². The van der Waals surface area contributed by atoms with Crippen LogP contribution in [-0.4, -0.2) is 31.8 Å². The lowest BCUT2D eigenvalue weighted by molar-refractivity contribution is 0.415. The summed E-state index contributed by atoms with van der Waals surface area (Å²) >= 11 is 0. The number of rotatable bonds is 3. The normalized spacial score (nSPS) is 11.7. The Morgan fingerprint density at radius 1 is 1.10 bits per heavy atom. The smallest absolute Gasteiger partial charge is 0.175 e. The van der Waals surface area contributed by atoms with Gasteiger partial charge in [0.1, 0.15) is 11.6 Å². The molecule has 2 aromatic carbocycles. The average Bonchev–Trinajstić information content (AvgIpc) is 2.89. The number of H-pyrrole nitrogens is 1. The number of nitrogens with one attached hydrogen (secondary N) is 1. The van der Waals surface area contributed by atoms with Crippen LogP contribution in [0.4, 0.5) is 0 Å². The highest BCUT2D eigenvalue weighted by atomic mass is 32.2. The van der Waals surface area contributed by atoms with Crippen LogP contribution in [0, 0.1) is 0 Å². The lowest BCUT2D eigenvalue weighted by atomic mass is 10.2. The number of fused-ring (bicyclic) bond motifs is 1. The molecule has 3 aromatic rings. The summed E-state index contributed by atoms with van der Waals surface area (Å²) in [4.78, 5) is 7.99. The predicted molar refractivity (Wildman–Crippen MR) is 81.2 cm³/mol. The molecule has 0 aliphatic carbocycles. The summed E-state index contributed by atoms with van der Waals surface area (Å²) in [5, 5.41) is 0. The molecular formula is C15H14N2O3S. The number of aromatic amines is 1. The van der Waals surface area contributed by atoms with E-state index >= 15 is 0 Å². The first-order valence-corrected chi connectivity index (χ1v) is 8.21. The summed E-state index contributed by atoms with van der Waals surface area (Å²) in [5.41, 5.74) is 2.53. The quantitative estimate of drug-likeness (QED) is 0.807. The molecule has 0 spiro atoms. The maximum Gasteiger partial charge on any atom is 0.175 e. The summed E-state index contributed by atoms with van der Waals surface area (Å²) in [6.07, 6.45) is 1.19. The minimum atomic E-state index is -3.18. The fourth-order valence-electron chi connectivity index (χ4n) is 2.11. The lowest BCUT2D eigenvalue weighted by Gasteiger charge is -2.00. The van der Waals surface area contributed by atoms with Crippen LogP contribution in [0.5, 0.6) is 5.75 Å². The number of aromatic nitrogens is 2. The van der Waals surface area contributed by atoms with Crippen molar-refractivity contribution >= 4 is 20.9 Å². The van der Waals surface area contributed by atoms with Crippen LogP contribution in [0.2, 0.25) is 0 Å². The molecule has 1 heterocycles. The molecule has 0 saturated carbocycles. The standard InChI is InChI=1S/C15H14N2O3S/c1-20-11-5-8-13-14(9-11)17-15(16-13)10-3-6-12(7-4-10)21(2,18)19/h3-9H,1-2H3,(H,16,17). The molecule has 3 rings (SSSR count). The number of benzene rings is 2. The molecular weight excluding hydrogens is 288 g/mol. The van der Waals surface area contributed by atoms with Crippen LogP contribution in [0.15, 0.2) is 47.4 Å². The fourth-order valence-corrected chi connectivity index (χ4v) is 2.74. The molecule has 0 aliphatic rings. The Morgan fingerprint density at radius 2 is 1.81 bits per heavy atom. The van der Waals surface area contributed by atoms with Gasteiger partial charge < -0.3 is 9.72 Å². The van der Waals surface area contributed by atoms with Crippen LogP contribution in [0.3, 0.4) is 0 Å². The Hall–Kier alpha value is -2.34. The third-order valence-corrected chi connectivity index (χ3v) is 4.37. The number of methoxy groups -OCH3 is 1. The molecule has 1 N–H and O–H groups in total. The van der Waals surface area contributed by atoms with E-state index in [0.717, 1.165) is 22.3 Å². The second-order valence-corrected chi connectivity index (χ2v) is 6.78. The van der Waals surface area contributed by atoms with E-state index < -0.39 is 9.84 Å². The summed E-state index contributed by atoms with van der Waals surface area (Å²) in [5.74, 6) is 1.45. The van der Waals surface area contributed by atoms with Gasteiger partial charge in [0, 0.05) is 17.9 Å². The van der Waals surface area contributed by atoms with Gasteiger partial charge in [0.2, 0.25) is 0 Å². The van der Waals surface area contributed by atoms with Crippen LogP contribution >= 0.6 is 0 Å². The molecule has 0 bridgehead atoms. The van der Waals surface area contributed by atoms with E-state index in [0.29, 0.717) is 10.7 Å². The maximum atomic E-state index is 11.5. The molecule has 1 aromatic heterocycles. The number of sulfone groups is 1. The SMILES string of the molecule is COc1ccc2nc(-c3ccc(S(C)(=O)=O)cc3)[nH]c2c1. The van der Waals surface area contributed by atoms with Gasteiger partial charge in [0.05, 0.1) is 23.0 Å². The Morgan fingerprint density at radius 3 is 2.43 bits per heavy atom. The third-order valence-electron chi connectivity index (χ3n) is 3.24. The number of nitrogens with zero attached hydrogens (tertiary/aromatic N) is 1. The van der Waals surface area contributed by atoms with Gasteiger partial charge in [-0.25, -0.2) is 13.4 Å².